The van der Waals surface area contributed by atoms with E-state index in [1.54, 1.807) is 7.05 Å². The highest BCUT2D eigenvalue weighted by Gasteiger charge is 1.98. The second-order valence-electron chi connectivity index (χ2n) is 2.29. The first-order chi connectivity index (χ1) is 5.20. The third-order valence-corrected chi connectivity index (χ3v) is 1.40. The summed E-state index contributed by atoms with van der Waals surface area (Å²) in [4.78, 5) is 10.6. The van der Waals surface area contributed by atoms with Crippen LogP contribution >= 0.6 is 0 Å². The van der Waals surface area contributed by atoms with Gasteiger partial charge in [-0.05, 0) is 13.3 Å². The Bertz CT molecular complexity index is 117. The number of ether oxygens (including phenoxy) is 1. The molecule has 0 saturated carbocycles. The Kier molecular flexibility index (Phi) is 5.56. The summed E-state index contributed by atoms with van der Waals surface area (Å²) >= 11 is 0. The number of urea groups is 1. The van der Waals surface area contributed by atoms with Crippen molar-refractivity contribution in [1.29, 1.82) is 0 Å². The van der Waals surface area contributed by atoms with Gasteiger partial charge in [0.15, 0.2) is 0 Å². The molecule has 1 unspecified atom stereocenters. The molecular weight excluding hydrogens is 144 g/mol. The lowest BCUT2D eigenvalue weighted by Gasteiger charge is -2.10. The minimum Gasteiger partial charge on any atom is -0.358 e. The van der Waals surface area contributed by atoms with Crippen LogP contribution < -0.4 is 10.6 Å². The maximum absolute atomic E-state index is 10.6. The molecule has 11 heavy (non-hydrogen) atoms. The summed E-state index contributed by atoms with van der Waals surface area (Å²) in [5, 5.41) is 4.95. The van der Waals surface area contributed by atoms with Crippen LogP contribution in [0.25, 0.3) is 0 Å². The fourth-order valence-electron chi connectivity index (χ4n) is 0.456. The summed E-state index contributed by atoms with van der Waals surface area (Å²) in [7, 11) is 1.57. The molecule has 0 aromatic rings. The third-order valence-electron chi connectivity index (χ3n) is 1.40. The molecular formula is C7H16N2O2. The van der Waals surface area contributed by atoms with Crippen molar-refractivity contribution < 1.29 is 9.53 Å². The molecule has 0 saturated heterocycles. The molecule has 0 bridgehead atoms. The first-order valence-electron chi connectivity index (χ1n) is 3.77. The molecule has 0 aliphatic heterocycles. The van der Waals surface area contributed by atoms with Gasteiger partial charge in [-0.2, -0.15) is 0 Å². The molecule has 0 aliphatic rings. The Hall–Kier alpha value is -0.770. The van der Waals surface area contributed by atoms with Crippen LogP contribution in [-0.4, -0.2) is 25.9 Å². The van der Waals surface area contributed by atoms with Crippen molar-refractivity contribution in [3.63, 3.8) is 0 Å². The molecule has 0 aliphatic carbocycles. The molecule has 0 aromatic carbocycles. The molecule has 66 valence electrons. The first kappa shape index (κ1) is 10.2. The molecule has 0 spiro atoms. The van der Waals surface area contributed by atoms with Crippen LogP contribution in [0.2, 0.25) is 0 Å². The lowest BCUT2D eigenvalue weighted by atomic mass is 10.3. The van der Waals surface area contributed by atoms with Crippen LogP contribution in [0.4, 0.5) is 4.79 Å². The molecule has 2 amide bonds. The number of hydrogen-bond acceptors (Lipinski definition) is 2. The number of rotatable bonds is 4. The molecule has 4 heteroatoms. The summed E-state index contributed by atoms with van der Waals surface area (Å²) < 4.78 is 5.19. The van der Waals surface area contributed by atoms with E-state index < -0.39 is 0 Å². The molecule has 1 atom stereocenters. The Morgan fingerprint density at radius 2 is 2.27 bits per heavy atom. The van der Waals surface area contributed by atoms with Gasteiger partial charge in [-0.3, -0.25) is 0 Å². The highest BCUT2D eigenvalue weighted by atomic mass is 16.5. The summed E-state index contributed by atoms with van der Waals surface area (Å²) in [6.07, 6.45) is 1.15. The van der Waals surface area contributed by atoms with E-state index in [0.717, 1.165) is 6.42 Å². The Morgan fingerprint density at radius 3 is 2.73 bits per heavy atom. The van der Waals surface area contributed by atoms with E-state index in [2.05, 4.69) is 10.6 Å². The lowest BCUT2D eigenvalue weighted by Crippen LogP contribution is -2.35. The van der Waals surface area contributed by atoms with Crippen LogP contribution in [0.3, 0.4) is 0 Å². The molecule has 0 heterocycles. The fourth-order valence-corrected chi connectivity index (χ4v) is 0.456. The minimum absolute atomic E-state index is 0.201. The van der Waals surface area contributed by atoms with Gasteiger partial charge in [0, 0.05) is 7.05 Å². The molecule has 2 N–H and O–H groups in total. The average molecular weight is 160 g/mol. The van der Waals surface area contributed by atoms with E-state index in [-0.39, 0.29) is 18.9 Å². The normalized spacial score (nSPS) is 12.3. The fraction of sp³-hybridized carbons (Fsp3) is 0.857. The van der Waals surface area contributed by atoms with Gasteiger partial charge in [0.2, 0.25) is 0 Å². The molecule has 0 aromatic heterocycles. The zero-order valence-corrected chi connectivity index (χ0v) is 7.31. The van der Waals surface area contributed by atoms with Gasteiger partial charge in [0.05, 0.1) is 6.10 Å². The third kappa shape index (κ3) is 5.66. The van der Waals surface area contributed by atoms with Crippen molar-refractivity contribution in [2.24, 2.45) is 0 Å². The van der Waals surface area contributed by atoms with Gasteiger partial charge in [0.25, 0.3) is 0 Å². The topological polar surface area (TPSA) is 50.4 Å². The Labute approximate surface area is 67.3 Å². The Morgan fingerprint density at radius 1 is 1.64 bits per heavy atom. The highest BCUT2D eigenvalue weighted by Crippen LogP contribution is 1.92. The van der Waals surface area contributed by atoms with Gasteiger partial charge < -0.3 is 15.4 Å². The number of nitrogens with one attached hydrogen (secondary N) is 2. The number of carbonyl (C=O) groups is 1. The standard InChI is InChI=1S/C7H16N2O2/c1-4-6(2)11-5-9-7(10)8-3/h6H,4-5H2,1-3H3,(H2,8,9,10). The molecule has 0 fully saturated rings. The van der Waals surface area contributed by atoms with Gasteiger partial charge in [-0.15, -0.1) is 0 Å². The monoisotopic (exact) mass is 160 g/mol. The van der Waals surface area contributed by atoms with E-state index in [9.17, 15) is 4.79 Å². The van der Waals surface area contributed by atoms with Crippen molar-refractivity contribution in [3.05, 3.63) is 0 Å². The number of carbonyl (C=O) groups excluding carboxylic acids is 1. The van der Waals surface area contributed by atoms with Crippen molar-refractivity contribution >= 4 is 6.03 Å². The maximum Gasteiger partial charge on any atom is 0.316 e. The molecule has 4 nitrogen and oxygen atoms in total. The first-order valence-corrected chi connectivity index (χ1v) is 3.77. The second kappa shape index (κ2) is 5.97. The number of hydrogen-bond donors (Lipinski definition) is 2. The SMILES string of the molecule is CCC(C)OCNC(=O)NC. The number of amides is 2. The van der Waals surface area contributed by atoms with Crippen molar-refractivity contribution in [1.82, 2.24) is 10.6 Å². The van der Waals surface area contributed by atoms with Crippen molar-refractivity contribution in [3.8, 4) is 0 Å². The minimum atomic E-state index is -0.215. The summed E-state index contributed by atoms with van der Waals surface area (Å²) in [6, 6.07) is -0.215. The van der Waals surface area contributed by atoms with E-state index in [0.29, 0.717) is 0 Å². The van der Waals surface area contributed by atoms with E-state index in [1.807, 2.05) is 13.8 Å². The predicted octanol–water partition coefficient (Wildman–Crippen LogP) is 0.688. The summed E-state index contributed by atoms with van der Waals surface area (Å²) in [5.74, 6) is 0. The van der Waals surface area contributed by atoms with E-state index >= 15 is 0 Å². The summed E-state index contributed by atoms with van der Waals surface area (Å²) in [6.45, 7) is 4.27. The van der Waals surface area contributed by atoms with E-state index in [4.69, 9.17) is 4.74 Å². The zero-order valence-electron chi connectivity index (χ0n) is 7.31. The van der Waals surface area contributed by atoms with Crippen LogP contribution in [0.1, 0.15) is 20.3 Å². The zero-order chi connectivity index (χ0) is 8.69. The van der Waals surface area contributed by atoms with Gasteiger partial charge >= 0.3 is 6.03 Å². The van der Waals surface area contributed by atoms with Crippen molar-refractivity contribution in [2.45, 2.75) is 26.4 Å². The average Bonchev–Trinajstić information content (AvgIpc) is 2.04. The van der Waals surface area contributed by atoms with Crippen LogP contribution in [0, 0.1) is 0 Å². The van der Waals surface area contributed by atoms with Crippen LogP contribution in [0.15, 0.2) is 0 Å². The molecule has 0 rings (SSSR count). The summed E-state index contributed by atoms with van der Waals surface area (Å²) in [5.41, 5.74) is 0. The largest absolute Gasteiger partial charge is 0.358 e. The van der Waals surface area contributed by atoms with Gasteiger partial charge in [0.1, 0.15) is 6.73 Å². The highest BCUT2D eigenvalue weighted by molar-refractivity contribution is 5.73. The van der Waals surface area contributed by atoms with Crippen LogP contribution in [0.5, 0.6) is 0 Å². The van der Waals surface area contributed by atoms with E-state index in [1.165, 1.54) is 0 Å². The lowest BCUT2D eigenvalue weighted by molar-refractivity contribution is 0.0552. The maximum atomic E-state index is 10.6. The molecule has 0 radical (unpaired) electrons. The van der Waals surface area contributed by atoms with Crippen molar-refractivity contribution in [2.75, 3.05) is 13.8 Å². The smallest absolute Gasteiger partial charge is 0.316 e. The second-order valence-corrected chi connectivity index (χ2v) is 2.29. The van der Waals surface area contributed by atoms with Crippen LogP contribution in [-0.2, 0) is 4.74 Å². The van der Waals surface area contributed by atoms with Gasteiger partial charge in [-0.25, -0.2) is 4.79 Å². The predicted molar refractivity (Wildman–Crippen MR) is 43.3 cm³/mol. The Balaban J connectivity index is 3.20. The quantitative estimate of drug-likeness (QED) is 0.594. The van der Waals surface area contributed by atoms with Gasteiger partial charge in [-0.1, -0.05) is 6.92 Å².